The molecule has 0 fully saturated rings. The Kier molecular flexibility index (Phi) is 9.87. The summed E-state index contributed by atoms with van der Waals surface area (Å²) in [5.41, 5.74) is 1.43. The monoisotopic (exact) mass is 412 g/mol. The highest BCUT2D eigenvalue weighted by atomic mass is 16.5. The van der Waals surface area contributed by atoms with E-state index >= 15 is 0 Å². The van der Waals surface area contributed by atoms with Gasteiger partial charge in [-0.1, -0.05) is 88.6 Å². The lowest BCUT2D eigenvalue weighted by Gasteiger charge is -2.35. The van der Waals surface area contributed by atoms with Crippen molar-refractivity contribution in [2.45, 2.75) is 59.1 Å². The van der Waals surface area contributed by atoms with Crippen molar-refractivity contribution in [1.82, 2.24) is 0 Å². The number of hydrogen-bond donors (Lipinski definition) is 0. The van der Waals surface area contributed by atoms with Crippen molar-refractivity contribution in [2.75, 3.05) is 33.9 Å². The van der Waals surface area contributed by atoms with Gasteiger partial charge >= 0.3 is 0 Å². The van der Waals surface area contributed by atoms with Crippen molar-refractivity contribution >= 4 is 0 Å². The van der Waals surface area contributed by atoms with Gasteiger partial charge in [-0.2, -0.15) is 0 Å². The fourth-order valence-electron chi connectivity index (χ4n) is 3.73. The average molecular weight is 413 g/mol. The molecular weight excluding hydrogens is 370 g/mol. The van der Waals surface area contributed by atoms with Crippen molar-refractivity contribution in [3.63, 3.8) is 0 Å². The zero-order valence-electron chi connectivity index (χ0n) is 19.8. The van der Waals surface area contributed by atoms with Crippen LogP contribution < -0.4 is 4.74 Å². The lowest BCUT2D eigenvalue weighted by Crippen LogP contribution is -2.43. The summed E-state index contributed by atoms with van der Waals surface area (Å²) in [6, 6.07) is 20.8. The third kappa shape index (κ3) is 8.89. The summed E-state index contributed by atoms with van der Waals surface area (Å²) in [4.78, 5) is 0. The maximum atomic E-state index is 6.41. The second kappa shape index (κ2) is 12.1. The van der Waals surface area contributed by atoms with Crippen molar-refractivity contribution in [3.05, 3.63) is 66.2 Å². The van der Waals surface area contributed by atoms with E-state index in [1.807, 2.05) is 30.3 Å². The SMILES string of the molecule is CCCCCC(C)(C)C(COCC[N+](C)(C)Cc1ccccc1)Oc1ccccc1. The van der Waals surface area contributed by atoms with E-state index in [-0.39, 0.29) is 11.5 Å². The van der Waals surface area contributed by atoms with Crippen LogP contribution in [0.2, 0.25) is 0 Å². The van der Waals surface area contributed by atoms with Crippen LogP contribution in [0.15, 0.2) is 60.7 Å². The van der Waals surface area contributed by atoms with E-state index in [0.717, 1.165) is 36.3 Å². The fourth-order valence-corrected chi connectivity index (χ4v) is 3.73. The van der Waals surface area contributed by atoms with E-state index < -0.39 is 0 Å². The van der Waals surface area contributed by atoms with Gasteiger partial charge in [0.25, 0.3) is 0 Å². The molecule has 0 radical (unpaired) electrons. The molecule has 1 unspecified atom stereocenters. The summed E-state index contributed by atoms with van der Waals surface area (Å²) in [5, 5.41) is 0. The maximum Gasteiger partial charge on any atom is 0.127 e. The molecule has 0 amide bonds. The number of para-hydroxylation sites is 1. The van der Waals surface area contributed by atoms with E-state index in [0.29, 0.717) is 6.61 Å². The summed E-state index contributed by atoms with van der Waals surface area (Å²) in [6.45, 7) is 10.2. The van der Waals surface area contributed by atoms with Gasteiger partial charge in [0.15, 0.2) is 0 Å². The van der Waals surface area contributed by atoms with E-state index in [1.54, 1.807) is 0 Å². The molecule has 166 valence electrons. The topological polar surface area (TPSA) is 18.5 Å². The van der Waals surface area contributed by atoms with Crippen LogP contribution in [0.3, 0.4) is 0 Å². The van der Waals surface area contributed by atoms with Crippen LogP contribution in [-0.4, -0.2) is 44.4 Å². The highest BCUT2D eigenvalue weighted by molar-refractivity contribution is 5.21. The van der Waals surface area contributed by atoms with Crippen LogP contribution in [-0.2, 0) is 11.3 Å². The number of hydrogen-bond acceptors (Lipinski definition) is 2. The number of rotatable bonds is 14. The first-order chi connectivity index (χ1) is 14.3. The Hall–Kier alpha value is -1.84. The van der Waals surface area contributed by atoms with Gasteiger partial charge in [-0.25, -0.2) is 0 Å². The van der Waals surface area contributed by atoms with Crippen molar-refractivity contribution < 1.29 is 14.0 Å². The molecule has 2 aromatic rings. The molecule has 0 heterocycles. The zero-order chi connectivity index (χ0) is 21.9. The summed E-state index contributed by atoms with van der Waals surface area (Å²) < 4.78 is 13.5. The minimum absolute atomic E-state index is 0.0430. The Morgan fingerprint density at radius 3 is 2.17 bits per heavy atom. The molecule has 1 atom stereocenters. The predicted octanol–water partition coefficient (Wildman–Crippen LogP) is 6.33. The van der Waals surface area contributed by atoms with Crippen LogP contribution in [0.25, 0.3) is 0 Å². The van der Waals surface area contributed by atoms with Crippen molar-refractivity contribution in [2.24, 2.45) is 5.41 Å². The molecule has 2 rings (SSSR count). The first kappa shape index (κ1) is 24.4. The van der Waals surface area contributed by atoms with Gasteiger partial charge < -0.3 is 14.0 Å². The van der Waals surface area contributed by atoms with E-state index in [2.05, 4.69) is 65.2 Å². The number of nitrogens with zero attached hydrogens (tertiary/aromatic N) is 1. The zero-order valence-corrected chi connectivity index (χ0v) is 19.8. The minimum atomic E-state index is 0.0430. The highest BCUT2D eigenvalue weighted by Crippen LogP contribution is 2.31. The molecular formula is C27H42NO2+. The van der Waals surface area contributed by atoms with Gasteiger partial charge in [0, 0.05) is 11.0 Å². The highest BCUT2D eigenvalue weighted by Gasteiger charge is 2.31. The quantitative estimate of drug-likeness (QED) is 0.266. The number of likely N-dealkylation sites (N-methyl/N-ethyl adjacent to an activating group) is 1. The van der Waals surface area contributed by atoms with Gasteiger partial charge in [0.05, 0.1) is 27.3 Å². The Labute approximate surface area is 184 Å². The smallest absolute Gasteiger partial charge is 0.127 e. The number of benzene rings is 2. The summed E-state index contributed by atoms with van der Waals surface area (Å²) in [5.74, 6) is 0.926. The fraction of sp³-hybridized carbons (Fsp3) is 0.556. The number of unbranched alkanes of at least 4 members (excludes halogenated alkanes) is 2. The first-order valence-corrected chi connectivity index (χ1v) is 11.5. The predicted molar refractivity (Wildman–Crippen MR) is 127 cm³/mol. The molecule has 0 aliphatic rings. The number of quaternary nitrogens is 1. The molecule has 0 aliphatic heterocycles. The first-order valence-electron chi connectivity index (χ1n) is 11.5. The second-order valence-electron chi connectivity index (χ2n) is 9.74. The Bertz CT molecular complexity index is 697. The largest absolute Gasteiger partial charge is 0.487 e. The summed E-state index contributed by atoms with van der Waals surface area (Å²) >= 11 is 0. The molecule has 0 saturated heterocycles. The van der Waals surface area contributed by atoms with Crippen molar-refractivity contribution in [3.8, 4) is 5.75 Å². The summed E-state index contributed by atoms with van der Waals surface area (Å²) in [6.07, 6.45) is 4.94. The molecule has 0 N–H and O–H groups in total. The summed E-state index contributed by atoms with van der Waals surface area (Å²) in [7, 11) is 4.53. The van der Waals surface area contributed by atoms with Crippen LogP contribution >= 0.6 is 0 Å². The van der Waals surface area contributed by atoms with Crippen LogP contribution in [0.5, 0.6) is 5.75 Å². The molecule has 0 aliphatic carbocycles. The third-order valence-corrected chi connectivity index (χ3v) is 5.88. The molecule has 30 heavy (non-hydrogen) atoms. The normalized spacial score (nSPS) is 13.2. The van der Waals surface area contributed by atoms with Crippen LogP contribution in [0, 0.1) is 5.41 Å². The lowest BCUT2D eigenvalue weighted by molar-refractivity contribution is -0.904. The van der Waals surface area contributed by atoms with Gasteiger partial charge in [0.2, 0.25) is 0 Å². The second-order valence-corrected chi connectivity index (χ2v) is 9.74. The van der Waals surface area contributed by atoms with Gasteiger partial charge in [-0.3, -0.25) is 0 Å². The van der Waals surface area contributed by atoms with E-state index in [9.17, 15) is 0 Å². The molecule has 0 bridgehead atoms. The standard InChI is InChI=1S/C27H42NO2/c1-6-7-14-19-27(2,3)26(30-25-17-12-9-13-18-25)23-29-21-20-28(4,5)22-24-15-10-8-11-16-24/h8-13,15-18,26H,6-7,14,19-23H2,1-5H3/q+1. The lowest BCUT2D eigenvalue weighted by atomic mass is 9.81. The van der Waals surface area contributed by atoms with Crippen LogP contribution in [0.1, 0.15) is 52.0 Å². The molecule has 0 aromatic heterocycles. The van der Waals surface area contributed by atoms with Gasteiger partial charge in [-0.15, -0.1) is 0 Å². The number of ether oxygens (including phenoxy) is 2. The molecule has 0 spiro atoms. The molecule has 0 saturated carbocycles. The average Bonchev–Trinajstić information content (AvgIpc) is 2.71. The minimum Gasteiger partial charge on any atom is -0.487 e. The van der Waals surface area contributed by atoms with Crippen LogP contribution in [0.4, 0.5) is 0 Å². The molecule has 3 heteroatoms. The van der Waals surface area contributed by atoms with E-state index in [1.165, 1.54) is 24.8 Å². The van der Waals surface area contributed by atoms with Gasteiger partial charge in [0.1, 0.15) is 24.9 Å². The Morgan fingerprint density at radius 1 is 0.900 bits per heavy atom. The Morgan fingerprint density at radius 2 is 1.53 bits per heavy atom. The van der Waals surface area contributed by atoms with E-state index in [4.69, 9.17) is 9.47 Å². The third-order valence-electron chi connectivity index (χ3n) is 5.88. The maximum absolute atomic E-state index is 6.41. The van der Waals surface area contributed by atoms with Gasteiger partial charge in [-0.05, 0) is 18.6 Å². The molecule has 2 aromatic carbocycles. The Balaban J connectivity index is 1.89. The van der Waals surface area contributed by atoms with Crippen molar-refractivity contribution in [1.29, 1.82) is 0 Å². The molecule has 3 nitrogen and oxygen atoms in total.